The number of aryl methyl sites for hydroxylation is 2. The van der Waals surface area contributed by atoms with Gasteiger partial charge in [-0.1, -0.05) is 31.2 Å². The SMILES string of the molecule is CCCn1c(=O)n(CCC(=O)Nc2ccc(CC#N)cc2)c2ccccc21. The minimum Gasteiger partial charge on any atom is -0.326 e. The first kappa shape index (κ1) is 18.5. The van der Waals surface area contributed by atoms with Gasteiger partial charge in [0.05, 0.1) is 23.5 Å². The molecule has 0 bridgehead atoms. The molecule has 6 heteroatoms. The van der Waals surface area contributed by atoms with E-state index < -0.39 is 0 Å². The average molecular weight is 362 g/mol. The number of aromatic nitrogens is 2. The van der Waals surface area contributed by atoms with Crippen molar-refractivity contribution in [1.29, 1.82) is 5.26 Å². The van der Waals surface area contributed by atoms with E-state index in [2.05, 4.69) is 11.4 Å². The molecule has 1 N–H and O–H groups in total. The number of imidazole rings is 1. The Hall–Kier alpha value is -3.33. The molecule has 2 aromatic carbocycles. The van der Waals surface area contributed by atoms with Gasteiger partial charge in [-0.3, -0.25) is 13.9 Å². The second kappa shape index (κ2) is 8.37. The second-order valence-corrected chi connectivity index (χ2v) is 6.40. The van der Waals surface area contributed by atoms with Crippen molar-refractivity contribution >= 4 is 22.6 Å². The van der Waals surface area contributed by atoms with E-state index in [0.29, 0.717) is 25.2 Å². The van der Waals surface area contributed by atoms with E-state index in [9.17, 15) is 9.59 Å². The number of nitrogens with one attached hydrogen (secondary N) is 1. The predicted octanol–water partition coefficient (Wildman–Crippen LogP) is 3.31. The molecule has 1 heterocycles. The van der Waals surface area contributed by atoms with Crippen molar-refractivity contribution in [3.05, 3.63) is 64.6 Å². The third kappa shape index (κ3) is 4.09. The van der Waals surface area contributed by atoms with Gasteiger partial charge in [0.25, 0.3) is 0 Å². The molecule has 0 aliphatic heterocycles. The molecule has 0 saturated carbocycles. The van der Waals surface area contributed by atoms with Crippen molar-refractivity contribution in [1.82, 2.24) is 9.13 Å². The van der Waals surface area contributed by atoms with Gasteiger partial charge in [0.15, 0.2) is 0 Å². The Morgan fingerprint density at radius 2 is 1.67 bits per heavy atom. The molecule has 3 aromatic rings. The Labute approximate surface area is 157 Å². The van der Waals surface area contributed by atoms with Crippen LogP contribution >= 0.6 is 0 Å². The lowest BCUT2D eigenvalue weighted by Crippen LogP contribution is -2.26. The molecule has 0 spiro atoms. The molecule has 27 heavy (non-hydrogen) atoms. The van der Waals surface area contributed by atoms with Crippen LogP contribution in [0.25, 0.3) is 11.0 Å². The minimum absolute atomic E-state index is 0.0771. The quantitative estimate of drug-likeness (QED) is 0.700. The summed E-state index contributed by atoms with van der Waals surface area (Å²) in [5.74, 6) is -0.151. The summed E-state index contributed by atoms with van der Waals surface area (Å²) in [5, 5.41) is 11.5. The molecular weight excluding hydrogens is 340 g/mol. The van der Waals surface area contributed by atoms with Crippen LogP contribution < -0.4 is 11.0 Å². The first-order valence-corrected chi connectivity index (χ1v) is 9.08. The number of rotatable bonds is 7. The lowest BCUT2D eigenvalue weighted by molar-refractivity contribution is -0.116. The fourth-order valence-corrected chi connectivity index (χ4v) is 3.16. The zero-order valence-electron chi connectivity index (χ0n) is 15.3. The van der Waals surface area contributed by atoms with Gasteiger partial charge in [0, 0.05) is 25.2 Å². The summed E-state index contributed by atoms with van der Waals surface area (Å²) < 4.78 is 3.43. The van der Waals surface area contributed by atoms with E-state index in [1.807, 2.05) is 43.3 Å². The van der Waals surface area contributed by atoms with Gasteiger partial charge in [0.1, 0.15) is 0 Å². The van der Waals surface area contributed by atoms with Crippen molar-refractivity contribution in [2.45, 2.75) is 39.3 Å². The highest BCUT2D eigenvalue weighted by molar-refractivity contribution is 5.90. The number of anilines is 1. The van der Waals surface area contributed by atoms with Gasteiger partial charge in [-0.15, -0.1) is 0 Å². The van der Waals surface area contributed by atoms with Crippen LogP contribution in [0.5, 0.6) is 0 Å². The predicted molar refractivity (Wildman–Crippen MR) is 105 cm³/mol. The highest BCUT2D eigenvalue weighted by atomic mass is 16.2. The number of fused-ring (bicyclic) bond motifs is 1. The van der Waals surface area contributed by atoms with Crippen LogP contribution in [0.15, 0.2) is 53.3 Å². The first-order valence-electron chi connectivity index (χ1n) is 9.08. The molecular formula is C21H22N4O2. The summed E-state index contributed by atoms with van der Waals surface area (Å²) in [6, 6.07) is 17.0. The van der Waals surface area contributed by atoms with Crippen LogP contribution in [-0.2, 0) is 24.3 Å². The molecule has 3 rings (SSSR count). The molecule has 138 valence electrons. The zero-order chi connectivity index (χ0) is 19.2. The molecule has 0 saturated heterocycles. The van der Waals surface area contributed by atoms with Crippen molar-refractivity contribution in [2.75, 3.05) is 5.32 Å². The lowest BCUT2D eigenvalue weighted by Gasteiger charge is -2.07. The van der Waals surface area contributed by atoms with E-state index in [1.54, 1.807) is 21.3 Å². The summed E-state index contributed by atoms with van der Waals surface area (Å²) in [6.45, 7) is 3.02. The first-order chi connectivity index (χ1) is 13.1. The van der Waals surface area contributed by atoms with Gasteiger partial charge in [-0.2, -0.15) is 5.26 Å². The highest BCUT2D eigenvalue weighted by Gasteiger charge is 2.13. The maximum Gasteiger partial charge on any atom is 0.329 e. The number of para-hydroxylation sites is 2. The molecule has 0 unspecified atom stereocenters. The van der Waals surface area contributed by atoms with Gasteiger partial charge in [-0.25, -0.2) is 4.79 Å². The van der Waals surface area contributed by atoms with E-state index in [4.69, 9.17) is 5.26 Å². The molecule has 6 nitrogen and oxygen atoms in total. The summed E-state index contributed by atoms with van der Waals surface area (Å²) in [4.78, 5) is 25.0. The largest absolute Gasteiger partial charge is 0.329 e. The molecule has 1 aromatic heterocycles. The van der Waals surface area contributed by atoms with Gasteiger partial charge in [0.2, 0.25) is 5.91 Å². The fraction of sp³-hybridized carbons (Fsp3) is 0.286. The Morgan fingerprint density at radius 3 is 2.26 bits per heavy atom. The number of benzene rings is 2. The van der Waals surface area contributed by atoms with E-state index in [1.165, 1.54) is 0 Å². The number of hydrogen-bond donors (Lipinski definition) is 1. The third-order valence-corrected chi connectivity index (χ3v) is 4.46. The second-order valence-electron chi connectivity index (χ2n) is 6.40. The van der Waals surface area contributed by atoms with Crippen LogP contribution in [0.4, 0.5) is 5.69 Å². The standard InChI is InChI=1S/C21H22N4O2/c1-2-14-24-18-5-3-4-6-19(18)25(21(24)27)15-12-20(26)23-17-9-7-16(8-10-17)11-13-22/h3-10H,2,11-12,14-15H2,1H3,(H,23,26). The number of nitrogens with zero attached hydrogens (tertiary/aromatic N) is 3. The van der Waals surface area contributed by atoms with Crippen LogP contribution in [0.3, 0.4) is 0 Å². The van der Waals surface area contributed by atoms with E-state index >= 15 is 0 Å². The molecule has 0 atom stereocenters. The molecule has 0 fully saturated rings. The Bertz CT molecular complexity index is 1040. The van der Waals surface area contributed by atoms with Crippen LogP contribution in [0.2, 0.25) is 0 Å². The molecule has 0 aliphatic carbocycles. The molecule has 0 radical (unpaired) electrons. The monoisotopic (exact) mass is 362 g/mol. The van der Waals surface area contributed by atoms with Crippen LogP contribution in [0.1, 0.15) is 25.3 Å². The van der Waals surface area contributed by atoms with Crippen molar-refractivity contribution in [3.8, 4) is 6.07 Å². The maximum absolute atomic E-state index is 12.7. The van der Waals surface area contributed by atoms with Crippen molar-refractivity contribution < 1.29 is 4.79 Å². The zero-order valence-corrected chi connectivity index (χ0v) is 15.3. The topological polar surface area (TPSA) is 79.8 Å². The maximum atomic E-state index is 12.7. The Morgan fingerprint density at radius 1 is 1.04 bits per heavy atom. The lowest BCUT2D eigenvalue weighted by atomic mass is 10.1. The Balaban J connectivity index is 1.71. The molecule has 0 aliphatic rings. The fourth-order valence-electron chi connectivity index (χ4n) is 3.16. The highest BCUT2D eigenvalue weighted by Crippen LogP contribution is 2.14. The third-order valence-electron chi connectivity index (χ3n) is 4.46. The summed E-state index contributed by atoms with van der Waals surface area (Å²) in [5.41, 5.74) is 3.27. The number of hydrogen-bond acceptors (Lipinski definition) is 3. The summed E-state index contributed by atoms with van der Waals surface area (Å²) in [7, 11) is 0. The summed E-state index contributed by atoms with van der Waals surface area (Å²) in [6.07, 6.45) is 1.43. The Kier molecular flexibility index (Phi) is 5.72. The number of amides is 1. The normalized spacial score (nSPS) is 10.7. The van der Waals surface area contributed by atoms with E-state index in [0.717, 1.165) is 23.0 Å². The number of nitriles is 1. The smallest absolute Gasteiger partial charge is 0.326 e. The van der Waals surface area contributed by atoms with Crippen LogP contribution in [-0.4, -0.2) is 15.0 Å². The van der Waals surface area contributed by atoms with Gasteiger partial charge >= 0.3 is 5.69 Å². The van der Waals surface area contributed by atoms with Gasteiger partial charge < -0.3 is 5.32 Å². The van der Waals surface area contributed by atoms with Crippen molar-refractivity contribution in [3.63, 3.8) is 0 Å². The number of carbonyl (C=O) groups excluding carboxylic acids is 1. The average Bonchev–Trinajstić information content (AvgIpc) is 2.94. The van der Waals surface area contributed by atoms with Crippen LogP contribution in [0, 0.1) is 11.3 Å². The van der Waals surface area contributed by atoms with E-state index in [-0.39, 0.29) is 18.0 Å². The van der Waals surface area contributed by atoms with Gasteiger partial charge in [-0.05, 0) is 36.2 Å². The number of carbonyl (C=O) groups is 1. The summed E-state index contributed by atoms with van der Waals surface area (Å²) >= 11 is 0. The van der Waals surface area contributed by atoms with Crippen molar-refractivity contribution in [2.24, 2.45) is 0 Å². The minimum atomic E-state index is -0.151. The molecule has 1 amide bonds.